The van der Waals surface area contributed by atoms with E-state index in [2.05, 4.69) is 17.2 Å². The van der Waals surface area contributed by atoms with Crippen molar-refractivity contribution in [2.24, 2.45) is 11.7 Å². The summed E-state index contributed by atoms with van der Waals surface area (Å²) in [5, 5.41) is 5.42. The van der Waals surface area contributed by atoms with Crippen LogP contribution in [0, 0.1) is 5.92 Å². The summed E-state index contributed by atoms with van der Waals surface area (Å²) in [7, 11) is 0. The predicted molar refractivity (Wildman–Crippen MR) is 87.7 cm³/mol. The van der Waals surface area contributed by atoms with E-state index >= 15 is 0 Å². The normalized spacial score (nSPS) is 12.5. The summed E-state index contributed by atoms with van der Waals surface area (Å²) in [5.74, 6) is -0.794. The summed E-state index contributed by atoms with van der Waals surface area (Å²) in [6.45, 7) is 7.43. The van der Waals surface area contributed by atoms with Crippen LogP contribution in [0.15, 0.2) is 36.9 Å². The molecule has 116 valence electrons. The van der Waals surface area contributed by atoms with E-state index in [0.29, 0.717) is 17.8 Å². The van der Waals surface area contributed by atoms with Crippen molar-refractivity contribution in [1.82, 2.24) is 5.32 Å². The van der Waals surface area contributed by atoms with Gasteiger partial charge in [0.1, 0.15) is 0 Å². The largest absolute Gasteiger partial charge is 0.349 e. The van der Waals surface area contributed by atoms with Crippen molar-refractivity contribution in [2.45, 2.75) is 19.9 Å². The van der Waals surface area contributed by atoms with Gasteiger partial charge in [-0.15, -0.1) is 19.0 Å². The molecular weight excluding hydrogens is 290 g/mol. The van der Waals surface area contributed by atoms with Crippen LogP contribution in [0.2, 0.25) is 0 Å². The monoisotopic (exact) mass is 311 g/mol. The molecule has 0 aliphatic rings. The standard InChI is InChI=1S/C15H21N3O2.ClH/c1-4-9-17-15(20)12-7-5-6-8-13(12)18-14(19)10(2)11(3)16;/h4-8,10-11H,1,9,16H2,2-3H3,(H,17,20)(H,18,19);1H. The molecule has 0 radical (unpaired) electrons. The molecule has 2 unspecified atom stereocenters. The highest BCUT2D eigenvalue weighted by Crippen LogP contribution is 2.16. The SMILES string of the molecule is C=CCNC(=O)c1ccccc1NC(=O)C(C)C(C)N.Cl. The third kappa shape index (κ3) is 5.57. The number of carbonyl (C=O) groups excluding carboxylic acids is 2. The van der Waals surface area contributed by atoms with Gasteiger partial charge in [-0.1, -0.05) is 25.1 Å². The Hall–Kier alpha value is -1.85. The molecule has 0 saturated carbocycles. The maximum atomic E-state index is 12.0. The zero-order valence-corrected chi connectivity index (χ0v) is 13.1. The van der Waals surface area contributed by atoms with Crippen LogP contribution in [0.25, 0.3) is 0 Å². The van der Waals surface area contributed by atoms with E-state index in [9.17, 15) is 9.59 Å². The van der Waals surface area contributed by atoms with Crippen LogP contribution in [0.5, 0.6) is 0 Å². The van der Waals surface area contributed by atoms with Gasteiger partial charge < -0.3 is 16.4 Å². The van der Waals surface area contributed by atoms with Crippen LogP contribution < -0.4 is 16.4 Å². The molecule has 0 aliphatic heterocycles. The predicted octanol–water partition coefficient (Wildman–Crippen LogP) is 1.95. The first kappa shape index (κ1) is 19.1. The molecule has 1 rings (SSSR count). The van der Waals surface area contributed by atoms with Crippen LogP contribution >= 0.6 is 12.4 Å². The minimum Gasteiger partial charge on any atom is -0.349 e. The van der Waals surface area contributed by atoms with Crippen molar-refractivity contribution in [3.05, 3.63) is 42.5 Å². The quantitative estimate of drug-likeness (QED) is 0.702. The number of nitrogens with one attached hydrogen (secondary N) is 2. The molecule has 0 aromatic heterocycles. The summed E-state index contributed by atoms with van der Waals surface area (Å²) in [5.41, 5.74) is 6.60. The lowest BCUT2D eigenvalue weighted by Gasteiger charge is -2.17. The maximum absolute atomic E-state index is 12.0. The number of hydrogen-bond acceptors (Lipinski definition) is 3. The van der Waals surface area contributed by atoms with Gasteiger partial charge in [0.15, 0.2) is 0 Å². The van der Waals surface area contributed by atoms with E-state index < -0.39 is 0 Å². The second-order valence-electron chi connectivity index (χ2n) is 4.68. The van der Waals surface area contributed by atoms with Crippen molar-refractivity contribution in [1.29, 1.82) is 0 Å². The van der Waals surface area contributed by atoms with Crippen LogP contribution in [0.3, 0.4) is 0 Å². The molecule has 1 aromatic rings. The van der Waals surface area contributed by atoms with Crippen molar-refractivity contribution in [2.75, 3.05) is 11.9 Å². The zero-order valence-electron chi connectivity index (χ0n) is 12.3. The summed E-state index contributed by atoms with van der Waals surface area (Å²) in [6, 6.07) is 6.60. The Kier molecular flexibility index (Phi) is 8.35. The van der Waals surface area contributed by atoms with Gasteiger partial charge in [-0.3, -0.25) is 9.59 Å². The Morgan fingerprint density at radius 3 is 2.52 bits per heavy atom. The van der Waals surface area contributed by atoms with Crippen LogP contribution in [0.4, 0.5) is 5.69 Å². The molecule has 21 heavy (non-hydrogen) atoms. The minimum absolute atomic E-state index is 0. The molecule has 0 aliphatic carbocycles. The first-order chi connectivity index (χ1) is 9.47. The third-order valence-electron chi connectivity index (χ3n) is 3.04. The number of benzene rings is 1. The van der Waals surface area contributed by atoms with Gasteiger partial charge in [-0.25, -0.2) is 0 Å². The summed E-state index contributed by atoms with van der Waals surface area (Å²) in [4.78, 5) is 24.0. The summed E-state index contributed by atoms with van der Waals surface area (Å²) >= 11 is 0. The van der Waals surface area contributed by atoms with Crippen molar-refractivity contribution in [3.8, 4) is 0 Å². The third-order valence-corrected chi connectivity index (χ3v) is 3.04. The van der Waals surface area contributed by atoms with Gasteiger partial charge in [-0.05, 0) is 19.1 Å². The van der Waals surface area contributed by atoms with Crippen LogP contribution in [-0.2, 0) is 4.79 Å². The highest BCUT2D eigenvalue weighted by molar-refractivity contribution is 6.04. The lowest BCUT2D eigenvalue weighted by atomic mass is 10.0. The number of hydrogen-bond donors (Lipinski definition) is 3. The molecule has 0 heterocycles. The fraction of sp³-hybridized carbons (Fsp3) is 0.333. The number of anilines is 1. The van der Waals surface area contributed by atoms with E-state index in [1.165, 1.54) is 0 Å². The molecule has 0 bridgehead atoms. The Labute approximate surface area is 131 Å². The van der Waals surface area contributed by atoms with Gasteiger partial charge in [0.25, 0.3) is 5.91 Å². The number of carbonyl (C=O) groups is 2. The second kappa shape index (κ2) is 9.15. The minimum atomic E-state index is -0.334. The molecular formula is C15H22ClN3O2. The molecule has 0 saturated heterocycles. The maximum Gasteiger partial charge on any atom is 0.253 e. The molecule has 4 N–H and O–H groups in total. The molecule has 1 aromatic carbocycles. The molecule has 5 nitrogen and oxygen atoms in total. The van der Waals surface area contributed by atoms with Crippen LogP contribution in [-0.4, -0.2) is 24.4 Å². The first-order valence-corrected chi connectivity index (χ1v) is 6.52. The van der Waals surface area contributed by atoms with Gasteiger partial charge in [0.05, 0.1) is 17.2 Å². The molecule has 2 atom stereocenters. The van der Waals surface area contributed by atoms with E-state index in [1.54, 1.807) is 44.2 Å². The number of rotatable bonds is 6. The molecule has 2 amide bonds. The topological polar surface area (TPSA) is 84.2 Å². The Bertz CT molecular complexity index is 503. The average Bonchev–Trinajstić information content (AvgIpc) is 2.44. The molecule has 0 fully saturated rings. The molecule has 6 heteroatoms. The average molecular weight is 312 g/mol. The first-order valence-electron chi connectivity index (χ1n) is 6.52. The summed E-state index contributed by atoms with van der Waals surface area (Å²) < 4.78 is 0. The zero-order chi connectivity index (χ0) is 15.1. The van der Waals surface area contributed by atoms with Crippen molar-refractivity contribution in [3.63, 3.8) is 0 Å². The lowest BCUT2D eigenvalue weighted by Crippen LogP contribution is -2.35. The Morgan fingerprint density at radius 2 is 1.95 bits per heavy atom. The van der Waals surface area contributed by atoms with Gasteiger partial charge in [0.2, 0.25) is 5.91 Å². The summed E-state index contributed by atoms with van der Waals surface area (Å²) in [6.07, 6.45) is 1.59. The van der Waals surface area contributed by atoms with E-state index in [0.717, 1.165) is 0 Å². The van der Waals surface area contributed by atoms with Crippen molar-refractivity contribution >= 4 is 29.9 Å². The lowest BCUT2D eigenvalue weighted by molar-refractivity contribution is -0.119. The highest BCUT2D eigenvalue weighted by atomic mass is 35.5. The molecule has 0 spiro atoms. The fourth-order valence-corrected chi connectivity index (χ4v) is 1.54. The van der Waals surface area contributed by atoms with Gasteiger partial charge in [-0.2, -0.15) is 0 Å². The number of nitrogens with two attached hydrogens (primary N) is 1. The van der Waals surface area contributed by atoms with Crippen LogP contribution in [0.1, 0.15) is 24.2 Å². The fourth-order valence-electron chi connectivity index (χ4n) is 1.54. The van der Waals surface area contributed by atoms with E-state index in [4.69, 9.17) is 5.73 Å². The Balaban J connectivity index is 0.00000400. The van der Waals surface area contributed by atoms with Crippen molar-refractivity contribution < 1.29 is 9.59 Å². The number of para-hydroxylation sites is 1. The second-order valence-corrected chi connectivity index (χ2v) is 4.68. The van der Waals surface area contributed by atoms with E-state index in [1.807, 2.05) is 0 Å². The smallest absolute Gasteiger partial charge is 0.253 e. The van der Waals surface area contributed by atoms with E-state index in [-0.39, 0.29) is 36.2 Å². The van der Waals surface area contributed by atoms with Gasteiger partial charge >= 0.3 is 0 Å². The Morgan fingerprint density at radius 1 is 1.33 bits per heavy atom. The van der Waals surface area contributed by atoms with Gasteiger partial charge in [0, 0.05) is 12.6 Å². The number of halogens is 1. The highest BCUT2D eigenvalue weighted by Gasteiger charge is 2.19. The number of amides is 2.